The van der Waals surface area contributed by atoms with Gasteiger partial charge in [-0.1, -0.05) is 94.8 Å². The van der Waals surface area contributed by atoms with Crippen molar-refractivity contribution in [2.24, 2.45) is 0 Å². The van der Waals surface area contributed by atoms with Crippen LogP contribution < -0.4 is 4.90 Å². The molecule has 4 aromatic rings. The maximum atomic E-state index is 10.6. The van der Waals surface area contributed by atoms with E-state index in [1.54, 1.807) is 6.07 Å². The van der Waals surface area contributed by atoms with Crippen molar-refractivity contribution >= 4 is 21.6 Å². The Balaban J connectivity index is 1.52. The van der Waals surface area contributed by atoms with Crippen molar-refractivity contribution in [1.82, 2.24) is 0 Å². The number of nitrogens with zero attached hydrogens (tertiary/aromatic N) is 1. The highest BCUT2D eigenvalue weighted by Crippen LogP contribution is 2.44. The van der Waals surface area contributed by atoms with Crippen LogP contribution in [0.4, 0.5) is 5.69 Å². The number of hydrogen-bond acceptors (Lipinski definition) is 2. The summed E-state index contributed by atoms with van der Waals surface area (Å²) >= 11 is 3.45. The van der Waals surface area contributed by atoms with Gasteiger partial charge in [0.05, 0.1) is 0 Å². The SMILES string of the molecule is Oc1cc(Br)ccc1C1CN(Cc2ccccc2-c2ccccc2)c2ccccc21. The van der Waals surface area contributed by atoms with E-state index in [0.717, 1.165) is 23.1 Å². The predicted octanol–water partition coefficient (Wildman–Crippen LogP) is 6.97. The van der Waals surface area contributed by atoms with Gasteiger partial charge in [0.2, 0.25) is 0 Å². The average molecular weight is 456 g/mol. The molecule has 1 atom stereocenters. The molecule has 1 unspecified atom stereocenters. The molecule has 0 amide bonds. The minimum Gasteiger partial charge on any atom is -0.508 e. The topological polar surface area (TPSA) is 23.5 Å². The lowest BCUT2D eigenvalue weighted by Crippen LogP contribution is -2.22. The molecule has 1 aliphatic rings. The third kappa shape index (κ3) is 3.50. The summed E-state index contributed by atoms with van der Waals surface area (Å²) in [7, 11) is 0. The van der Waals surface area contributed by atoms with E-state index in [4.69, 9.17) is 0 Å². The second-order valence-corrected chi connectivity index (χ2v) is 8.63. The van der Waals surface area contributed by atoms with Gasteiger partial charge in [0, 0.05) is 34.7 Å². The van der Waals surface area contributed by atoms with E-state index in [9.17, 15) is 5.11 Å². The van der Waals surface area contributed by atoms with Gasteiger partial charge in [0.1, 0.15) is 5.75 Å². The average Bonchev–Trinajstić information content (AvgIpc) is 3.13. The molecule has 0 bridgehead atoms. The second-order valence-electron chi connectivity index (χ2n) is 7.72. The fourth-order valence-electron chi connectivity index (χ4n) is 4.48. The summed E-state index contributed by atoms with van der Waals surface area (Å²) in [5.74, 6) is 0.494. The monoisotopic (exact) mass is 455 g/mol. The first-order valence-electron chi connectivity index (χ1n) is 10.2. The van der Waals surface area contributed by atoms with Crippen molar-refractivity contribution in [1.29, 1.82) is 0 Å². The molecular weight excluding hydrogens is 434 g/mol. The van der Waals surface area contributed by atoms with Crippen molar-refractivity contribution < 1.29 is 5.11 Å². The summed E-state index contributed by atoms with van der Waals surface area (Å²) in [6.07, 6.45) is 0. The molecule has 3 heteroatoms. The van der Waals surface area contributed by atoms with Gasteiger partial charge in [0.25, 0.3) is 0 Å². The zero-order chi connectivity index (χ0) is 20.5. The number of halogens is 1. The van der Waals surface area contributed by atoms with Crippen LogP contribution in [0.5, 0.6) is 5.75 Å². The lowest BCUT2D eigenvalue weighted by molar-refractivity contribution is 0.465. The van der Waals surface area contributed by atoms with Crippen LogP contribution in [0.2, 0.25) is 0 Å². The highest BCUT2D eigenvalue weighted by atomic mass is 79.9. The smallest absolute Gasteiger partial charge is 0.120 e. The molecule has 0 fully saturated rings. The zero-order valence-electron chi connectivity index (χ0n) is 16.5. The van der Waals surface area contributed by atoms with Crippen LogP contribution in [0.1, 0.15) is 22.6 Å². The maximum Gasteiger partial charge on any atom is 0.120 e. The van der Waals surface area contributed by atoms with E-state index >= 15 is 0 Å². The van der Waals surface area contributed by atoms with Gasteiger partial charge < -0.3 is 10.0 Å². The Hall–Kier alpha value is -3.04. The molecule has 0 saturated heterocycles. The molecule has 2 nitrogen and oxygen atoms in total. The van der Waals surface area contributed by atoms with E-state index < -0.39 is 0 Å². The second kappa shape index (κ2) is 8.00. The van der Waals surface area contributed by atoms with Gasteiger partial charge in [-0.2, -0.15) is 0 Å². The number of aromatic hydroxyl groups is 1. The number of anilines is 1. The lowest BCUT2D eigenvalue weighted by Gasteiger charge is -2.22. The van der Waals surface area contributed by atoms with Crippen LogP contribution in [0.15, 0.2) is 102 Å². The van der Waals surface area contributed by atoms with Gasteiger partial charge >= 0.3 is 0 Å². The van der Waals surface area contributed by atoms with Crippen LogP contribution in [-0.4, -0.2) is 11.7 Å². The molecule has 0 spiro atoms. The molecule has 1 heterocycles. The number of para-hydroxylation sites is 1. The number of benzene rings is 4. The molecule has 148 valence electrons. The van der Waals surface area contributed by atoms with Crippen molar-refractivity contribution in [2.45, 2.75) is 12.5 Å². The van der Waals surface area contributed by atoms with E-state index in [1.807, 2.05) is 12.1 Å². The summed E-state index contributed by atoms with van der Waals surface area (Å²) in [5.41, 5.74) is 7.30. The summed E-state index contributed by atoms with van der Waals surface area (Å²) in [6, 6.07) is 33.6. The fourth-order valence-corrected chi connectivity index (χ4v) is 4.83. The van der Waals surface area contributed by atoms with Gasteiger partial charge in [0.15, 0.2) is 0 Å². The number of phenols is 1. The Bertz CT molecular complexity index is 1190. The Morgan fingerprint density at radius 1 is 0.800 bits per heavy atom. The number of hydrogen-bond donors (Lipinski definition) is 1. The van der Waals surface area contributed by atoms with E-state index in [0.29, 0.717) is 5.75 Å². The maximum absolute atomic E-state index is 10.6. The normalized spacial score (nSPS) is 15.2. The third-order valence-electron chi connectivity index (χ3n) is 5.89. The molecule has 0 saturated carbocycles. The largest absolute Gasteiger partial charge is 0.508 e. The van der Waals surface area contributed by atoms with Crippen molar-refractivity contribution in [3.05, 3.63) is 118 Å². The predicted molar refractivity (Wildman–Crippen MR) is 127 cm³/mol. The quantitative estimate of drug-likeness (QED) is 0.358. The standard InChI is InChI=1S/C27H22BrNO/c28-21-14-15-24(27(30)16-21)25-18-29(26-13-7-6-12-23(25)26)17-20-10-4-5-11-22(20)19-8-2-1-3-9-19/h1-16,25,30H,17-18H2. The number of fused-ring (bicyclic) bond motifs is 1. The van der Waals surface area contributed by atoms with Gasteiger partial charge in [-0.25, -0.2) is 0 Å². The molecular formula is C27H22BrNO. The first-order chi connectivity index (χ1) is 14.7. The highest BCUT2D eigenvalue weighted by molar-refractivity contribution is 9.10. The van der Waals surface area contributed by atoms with Gasteiger partial charge in [-0.3, -0.25) is 0 Å². The highest BCUT2D eigenvalue weighted by Gasteiger charge is 2.31. The lowest BCUT2D eigenvalue weighted by atomic mass is 9.92. The van der Waals surface area contributed by atoms with Crippen molar-refractivity contribution in [2.75, 3.05) is 11.4 Å². The van der Waals surface area contributed by atoms with Gasteiger partial charge in [-0.15, -0.1) is 0 Å². The van der Waals surface area contributed by atoms with Crippen LogP contribution in [0, 0.1) is 0 Å². The first-order valence-corrected chi connectivity index (χ1v) is 11.0. The molecule has 0 aliphatic carbocycles. The molecule has 1 N–H and O–H groups in total. The summed E-state index contributed by atoms with van der Waals surface area (Å²) in [4.78, 5) is 2.43. The van der Waals surface area contributed by atoms with E-state index in [2.05, 4.69) is 99.7 Å². The Labute approximate surface area is 185 Å². The van der Waals surface area contributed by atoms with E-state index in [1.165, 1.54) is 27.9 Å². The summed E-state index contributed by atoms with van der Waals surface area (Å²) in [6.45, 7) is 1.67. The number of rotatable bonds is 4. The summed E-state index contributed by atoms with van der Waals surface area (Å²) in [5, 5.41) is 10.6. The Morgan fingerprint density at radius 2 is 1.53 bits per heavy atom. The molecule has 5 rings (SSSR count). The molecule has 0 aromatic heterocycles. The minimum atomic E-state index is 0.151. The van der Waals surface area contributed by atoms with Gasteiger partial charge in [-0.05, 0) is 40.5 Å². The van der Waals surface area contributed by atoms with Crippen LogP contribution in [-0.2, 0) is 6.54 Å². The zero-order valence-corrected chi connectivity index (χ0v) is 18.1. The Morgan fingerprint density at radius 3 is 2.37 bits per heavy atom. The molecule has 30 heavy (non-hydrogen) atoms. The first kappa shape index (κ1) is 19.0. The summed E-state index contributed by atoms with van der Waals surface area (Å²) < 4.78 is 0.892. The third-order valence-corrected chi connectivity index (χ3v) is 6.38. The molecule has 0 radical (unpaired) electrons. The number of phenolic OH excluding ortho intramolecular Hbond substituents is 1. The van der Waals surface area contributed by atoms with Crippen LogP contribution in [0.3, 0.4) is 0 Å². The van der Waals surface area contributed by atoms with Crippen LogP contribution in [0.25, 0.3) is 11.1 Å². The minimum absolute atomic E-state index is 0.151. The van der Waals surface area contributed by atoms with Crippen molar-refractivity contribution in [3.8, 4) is 16.9 Å². The fraction of sp³-hybridized carbons (Fsp3) is 0.111. The van der Waals surface area contributed by atoms with E-state index in [-0.39, 0.29) is 5.92 Å². The van der Waals surface area contributed by atoms with Crippen molar-refractivity contribution in [3.63, 3.8) is 0 Å². The molecule has 4 aromatic carbocycles. The van der Waals surface area contributed by atoms with Crippen LogP contribution >= 0.6 is 15.9 Å². The molecule has 1 aliphatic heterocycles. The Kier molecular flexibility index (Phi) is 5.06.